The summed E-state index contributed by atoms with van der Waals surface area (Å²) < 4.78 is 11.4. The van der Waals surface area contributed by atoms with E-state index in [2.05, 4.69) is 10.6 Å². The Morgan fingerprint density at radius 3 is 2.44 bits per heavy atom. The van der Waals surface area contributed by atoms with E-state index in [1.807, 2.05) is 47.4 Å². The molecule has 1 aliphatic heterocycles. The van der Waals surface area contributed by atoms with Crippen LogP contribution in [0.15, 0.2) is 60.7 Å². The second-order valence-corrected chi connectivity index (χ2v) is 13.6. The maximum Gasteiger partial charge on any atom is 0.410 e. The summed E-state index contributed by atoms with van der Waals surface area (Å²) in [6.45, 7) is 2.16. The zero-order valence-electron chi connectivity index (χ0n) is 28.3. The molecule has 10 nitrogen and oxygen atoms in total. The molecule has 1 heterocycles. The Balaban J connectivity index is 1.24. The Morgan fingerprint density at radius 1 is 0.900 bits per heavy atom. The summed E-state index contributed by atoms with van der Waals surface area (Å²) in [5.41, 5.74) is 2.91. The van der Waals surface area contributed by atoms with Gasteiger partial charge in [-0.25, -0.2) is 4.79 Å². The number of benzene rings is 3. The van der Waals surface area contributed by atoms with Gasteiger partial charge < -0.3 is 35.0 Å². The molecule has 1 fully saturated rings. The minimum atomic E-state index is -0.479. The zero-order valence-corrected chi connectivity index (χ0v) is 29.8. The molecule has 3 N–H and O–H groups in total. The van der Waals surface area contributed by atoms with Crippen LogP contribution in [-0.4, -0.2) is 78.2 Å². The van der Waals surface area contributed by atoms with Gasteiger partial charge in [-0.2, -0.15) is 0 Å². The number of halogens is 2. The van der Waals surface area contributed by atoms with Crippen molar-refractivity contribution in [2.45, 2.75) is 70.4 Å². The number of carbonyl (C=O) groups is 3. The van der Waals surface area contributed by atoms with Gasteiger partial charge in [0.05, 0.1) is 10.0 Å². The van der Waals surface area contributed by atoms with E-state index in [9.17, 15) is 19.5 Å². The van der Waals surface area contributed by atoms with E-state index < -0.39 is 6.09 Å². The molecule has 0 radical (unpaired) electrons. The first kappa shape index (κ1) is 37.3. The third kappa shape index (κ3) is 10.8. The molecule has 3 amide bonds. The maximum absolute atomic E-state index is 13.8. The summed E-state index contributed by atoms with van der Waals surface area (Å²) in [4.78, 5) is 42.9. The highest BCUT2D eigenvalue weighted by Gasteiger charge is 2.27. The van der Waals surface area contributed by atoms with Gasteiger partial charge in [0.1, 0.15) is 18.0 Å². The van der Waals surface area contributed by atoms with Gasteiger partial charge in [0.25, 0.3) is 5.91 Å². The topological polar surface area (TPSA) is 120 Å². The number of hydrogen-bond donors (Lipinski definition) is 3. The van der Waals surface area contributed by atoms with Gasteiger partial charge in [-0.15, -0.1) is 0 Å². The lowest BCUT2D eigenvalue weighted by atomic mass is 10.1. The number of amides is 3. The smallest absolute Gasteiger partial charge is 0.410 e. The number of hydrogen-bond acceptors (Lipinski definition) is 7. The summed E-state index contributed by atoms with van der Waals surface area (Å²) in [7, 11) is 0. The van der Waals surface area contributed by atoms with Crippen molar-refractivity contribution < 1.29 is 29.0 Å². The maximum atomic E-state index is 13.8. The first-order valence-electron chi connectivity index (χ1n) is 17.5. The molecule has 1 saturated carbocycles. The lowest BCUT2D eigenvalue weighted by Crippen LogP contribution is -2.47. The average Bonchev–Trinajstić information content (AvgIpc) is 3.41. The number of phenols is 1. The molecule has 268 valence electrons. The minimum absolute atomic E-state index is 0.0632. The molecule has 5 rings (SSSR count). The Morgan fingerprint density at radius 2 is 1.68 bits per heavy atom. The fourth-order valence-corrected chi connectivity index (χ4v) is 6.79. The monoisotopic (exact) mass is 724 g/mol. The van der Waals surface area contributed by atoms with Crippen molar-refractivity contribution in [3.8, 4) is 11.5 Å². The molecule has 3 aromatic carbocycles. The van der Waals surface area contributed by atoms with Crippen molar-refractivity contribution in [1.82, 2.24) is 15.1 Å². The van der Waals surface area contributed by atoms with Crippen LogP contribution >= 0.6 is 23.2 Å². The van der Waals surface area contributed by atoms with Gasteiger partial charge >= 0.3 is 6.09 Å². The normalized spacial score (nSPS) is 14.6. The van der Waals surface area contributed by atoms with Crippen LogP contribution in [0.4, 0.5) is 10.5 Å². The first-order chi connectivity index (χ1) is 24.3. The third-order valence-electron chi connectivity index (χ3n) is 9.23. The molecule has 3 aromatic rings. The molecular weight excluding hydrogens is 679 g/mol. The van der Waals surface area contributed by atoms with Crippen LogP contribution in [0.1, 0.15) is 61.6 Å². The van der Waals surface area contributed by atoms with Crippen LogP contribution in [0.3, 0.4) is 0 Å². The predicted molar refractivity (Wildman–Crippen MR) is 195 cm³/mol. The van der Waals surface area contributed by atoms with Gasteiger partial charge in [0.2, 0.25) is 5.91 Å². The van der Waals surface area contributed by atoms with Crippen molar-refractivity contribution in [2.24, 2.45) is 0 Å². The second kappa shape index (κ2) is 18.8. The van der Waals surface area contributed by atoms with Gasteiger partial charge in [0, 0.05) is 38.6 Å². The average molecular weight is 726 g/mol. The Kier molecular flexibility index (Phi) is 14.0. The van der Waals surface area contributed by atoms with Gasteiger partial charge in [0.15, 0.2) is 12.4 Å². The van der Waals surface area contributed by atoms with Gasteiger partial charge in [-0.3, -0.25) is 9.59 Å². The fourth-order valence-electron chi connectivity index (χ4n) is 6.47. The molecule has 0 aromatic heterocycles. The summed E-state index contributed by atoms with van der Waals surface area (Å²) in [5, 5.41) is 17.4. The molecule has 2 aliphatic rings. The van der Waals surface area contributed by atoms with Crippen LogP contribution in [0, 0.1) is 0 Å². The SMILES string of the molecule is O=C1COc2c(CCN(CCN(C(=O)CCNCCc3ccc(Cl)c(Cl)c3)C3CCCCCC3)C(=O)OCc3ccccc3)ccc(O)c2N1. The summed E-state index contributed by atoms with van der Waals surface area (Å²) in [5.74, 6) is 0.0239. The highest BCUT2D eigenvalue weighted by molar-refractivity contribution is 6.42. The molecule has 0 atom stereocenters. The lowest BCUT2D eigenvalue weighted by Gasteiger charge is -2.34. The Hall–Kier alpha value is -3.99. The van der Waals surface area contributed by atoms with Crippen LogP contribution in [0.2, 0.25) is 10.0 Å². The van der Waals surface area contributed by atoms with Crippen molar-refractivity contribution in [3.63, 3.8) is 0 Å². The predicted octanol–water partition coefficient (Wildman–Crippen LogP) is 6.99. The van der Waals surface area contributed by atoms with E-state index in [1.165, 1.54) is 6.07 Å². The van der Waals surface area contributed by atoms with Crippen LogP contribution < -0.4 is 15.4 Å². The minimum Gasteiger partial charge on any atom is -0.506 e. The highest BCUT2D eigenvalue weighted by atomic mass is 35.5. The van der Waals surface area contributed by atoms with E-state index in [1.54, 1.807) is 17.0 Å². The number of fused-ring (bicyclic) bond motifs is 1. The molecule has 1 aliphatic carbocycles. The summed E-state index contributed by atoms with van der Waals surface area (Å²) in [6.07, 6.45) is 7.36. The van der Waals surface area contributed by atoms with Crippen molar-refractivity contribution in [3.05, 3.63) is 87.4 Å². The van der Waals surface area contributed by atoms with Gasteiger partial charge in [-0.1, -0.05) is 91.3 Å². The highest BCUT2D eigenvalue weighted by Crippen LogP contribution is 2.39. The number of ether oxygens (including phenoxy) is 2. The molecule has 0 unspecified atom stereocenters. The number of aromatic hydroxyl groups is 1. The largest absolute Gasteiger partial charge is 0.506 e. The molecule has 0 saturated heterocycles. The third-order valence-corrected chi connectivity index (χ3v) is 9.97. The number of nitrogens with zero attached hydrogens (tertiary/aromatic N) is 2. The van der Waals surface area contributed by atoms with Crippen LogP contribution in [0.5, 0.6) is 11.5 Å². The zero-order chi connectivity index (χ0) is 35.3. The number of phenolic OH excluding ortho intramolecular Hbond substituents is 1. The number of nitrogens with one attached hydrogen (secondary N) is 2. The van der Waals surface area contributed by atoms with E-state index >= 15 is 0 Å². The van der Waals surface area contributed by atoms with Crippen LogP contribution in [-0.2, 0) is 33.8 Å². The lowest BCUT2D eigenvalue weighted by molar-refractivity contribution is -0.134. The first-order valence-corrected chi connectivity index (χ1v) is 18.2. The van der Waals surface area contributed by atoms with Crippen molar-refractivity contribution in [2.75, 3.05) is 44.6 Å². The quantitative estimate of drug-likeness (QED) is 0.0879. The van der Waals surface area contributed by atoms with Crippen molar-refractivity contribution in [1.29, 1.82) is 0 Å². The molecule has 0 spiro atoms. The molecular formula is C38H46Cl2N4O6. The summed E-state index contributed by atoms with van der Waals surface area (Å²) in [6, 6.07) is 18.5. The number of carbonyl (C=O) groups excluding carboxylic acids is 3. The van der Waals surface area contributed by atoms with E-state index in [0.717, 1.165) is 61.6 Å². The standard InChI is InChI=1S/C38H46Cl2N4O6/c39-31-14-12-27(24-32(31)40)16-19-41-20-17-35(47)44(30-10-6-1-2-7-11-30)23-22-43(38(48)50-25-28-8-4-3-5-9-28)21-18-29-13-15-33(45)36-37(29)49-26-34(46)42-36/h3-5,8-9,12-15,24,30,41,45H,1-2,6-7,10-11,16-23,25-26H2,(H,42,46). The Labute approximate surface area is 304 Å². The van der Waals surface area contributed by atoms with E-state index in [-0.39, 0.29) is 49.1 Å². The molecule has 0 bridgehead atoms. The van der Waals surface area contributed by atoms with Crippen LogP contribution in [0.25, 0.3) is 0 Å². The summed E-state index contributed by atoms with van der Waals surface area (Å²) >= 11 is 12.2. The van der Waals surface area contributed by atoms with Gasteiger partial charge in [-0.05, 0) is 67.1 Å². The Bertz CT molecular complexity index is 1600. The second-order valence-electron chi connectivity index (χ2n) is 12.8. The molecule has 50 heavy (non-hydrogen) atoms. The molecule has 12 heteroatoms. The number of anilines is 1. The van der Waals surface area contributed by atoms with Crippen molar-refractivity contribution >= 4 is 46.8 Å². The number of rotatable bonds is 15. The fraction of sp³-hybridized carbons (Fsp3) is 0.447. The van der Waals surface area contributed by atoms with E-state index in [0.29, 0.717) is 54.8 Å². The van der Waals surface area contributed by atoms with E-state index in [4.69, 9.17) is 32.7 Å².